The van der Waals surface area contributed by atoms with Gasteiger partial charge in [0.15, 0.2) is 0 Å². The van der Waals surface area contributed by atoms with Gasteiger partial charge in [-0.2, -0.15) is 13.2 Å². The van der Waals surface area contributed by atoms with Crippen LogP contribution in [0.3, 0.4) is 0 Å². The van der Waals surface area contributed by atoms with E-state index in [4.69, 9.17) is 0 Å². The average molecular weight is 596 g/mol. The number of nitro benzene ring substituents is 2. The lowest BCUT2D eigenvalue weighted by molar-refractivity contribution is -0.598. The third kappa shape index (κ3) is 7.76. The SMILES string of the molecule is O=S(=O)([O-])c1ccccc1C(F)(F)F.O=[N+]([O-])c1cccc([I+]c2cccc([N+](=O)[O-])c2)c1. The number of non-ortho nitro benzene ring substituents is 2. The standard InChI is InChI=1S/C12H8IN2O4.C7H5F3O3S/c16-14(17)11-5-1-3-9(7-11)13-10-4-2-6-12(8-10)15(18)19;8-7(9,10)5-3-1-2-4-6(5)14(11,12)13/h1-8H;1-4H,(H,11,12,13)/q+1;/p-1. The number of halogens is 4. The molecule has 3 rings (SSSR count). The Balaban J connectivity index is 0.000000245. The van der Waals surface area contributed by atoms with Crippen molar-refractivity contribution >= 4 is 21.5 Å². The minimum Gasteiger partial charge on any atom is -0.744 e. The summed E-state index contributed by atoms with van der Waals surface area (Å²) in [6.07, 6.45) is -4.84. The van der Waals surface area contributed by atoms with Crippen LogP contribution in [0.4, 0.5) is 24.5 Å². The zero-order valence-electron chi connectivity index (χ0n) is 16.1. The van der Waals surface area contributed by atoms with Crippen LogP contribution in [0, 0.1) is 27.4 Å². The summed E-state index contributed by atoms with van der Waals surface area (Å²) >= 11 is -0.665. The van der Waals surface area contributed by atoms with Crippen LogP contribution in [0.5, 0.6) is 0 Å². The fraction of sp³-hybridized carbons (Fsp3) is 0.0526. The van der Waals surface area contributed by atoms with Crippen molar-refractivity contribution in [3.8, 4) is 0 Å². The minimum atomic E-state index is -5.09. The average Bonchev–Trinajstić information content (AvgIpc) is 2.73. The van der Waals surface area contributed by atoms with Crippen LogP contribution in [0.2, 0.25) is 0 Å². The van der Waals surface area contributed by atoms with Crippen molar-refractivity contribution < 1.29 is 57.2 Å². The molecule has 0 saturated heterocycles. The molecule has 0 heterocycles. The molecule has 0 aliphatic heterocycles. The smallest absolute Gasteiger partial charge is 0.417 e. The van der Waals surface area contributed by atoms with Crippen LogP contribution in [-0.2, 0) is 16.3 Å². The Kier molecular flexibility index (Phi) is 8.45. The molecule has 0 fully saturated rings. The largest absolute Gasteiger partial charge is 0.744 e. The summed E-state index contributed by atoms with van der Waals surface area (Å²) in [5, 5.41) is 21.4. The monoisotopic (exact) mass is 596 g/mol. The second-order valence-corrected chi connectivity index (χ2v) is 10.4. The minimum absolute atomic E-state index is 0.0441. The van der Waals surface area contributed by atoms with Gasteiger partial charge in [0, 0.05) is 12.1 Å². The van der Waals surface area contributed by atoms with Gasteiger partial charge in [-0.3, -0.25) is 20.2 Å². The van der Waals surface area contributed by atoms with Crippen molar-refractivity contribution in [3.63, 3.8) is 0 Å². The molecular formula is C19H12F3IN2O7S. The second kappa shape index (κ2) is 10.7. The summed E-state index contributed by atoms with van der Waals surface area (Å²) in [5.74, 6) is 0. The topological polar surface area (TPSA) is 143 Å². The van der Waals surface area contributed by atoms with Gasteiger partial charge in [0.05, 0.1) is 32.4 Å². The van der Waals surface area contributed by atoms with Crippen LogP contribution in [0.1, 0.15) is 5.56 Å². The predicted octanol–water partition coefficient (Wildman–Crippen LogP) is 1.24. The zero-order valence-corrected chi connectivity index (χ0v) is 19.1. The van der Waals surface area contributed by atoms with E-state index in [0.717, 1.165) is 19.3 Å². The van der Waals surface area contributed by atoms with Gasteiger partial charge in [0.25, 0.3) is 11.4 Å². The first-order valence-corrected chi connectivity index (χ1v) is 12.1. The molecular weight excluding hydrogens is 584 g/mol. The third-order valence-corrected chi connectivity index (χ3v) is 7.20. The van der Waals surface area contributed by atoms with Crippen molar-refractivity contribution in [2.45, 2.75) is 11.1 Å². The van der Waals surface area contributed by atoms with Crippen LogP contribution < -0.4 is 21.2 Å². The van der Waals surface area contributed by atoms with Gasteiger partial charge in [0.1, 0.15) is 10.1 Å². The van der Waals surface area contributed by atoms with Crippen LogP contribution in [0.15, 0.2) is 77.7 Å². The number of nitrogens with zero attached hydrogens (tertiary/aromatic N) is 2. The van der Waals surface area contributed by atoms with Crippen molar-refractivity contribution in [2.75, 3.05) is 0 Å². The summed E-state index contributed by atoms with van der Waals surface area (Å²) in [6, 6.07) is 16.0. The lowest BCUT2D eigenvalue weighted by atomic mass is 10.2. The first-order chi connectivity index (χ1) is 15.3. The maximum absolute atomic E-state index is 12.2. The maximum atomic E-state index is 12.2. The van der Waals surface area contributed by atoms with Crippen LogP contribution in [-0.4, -0.2) is 22.8 Å². The highest BCUT2D eigenvalue weighted by Gasteiger charge is 2.34. The van der Waals surface area contributed by atoms with Gasteiger partial charge in [-0.15, -0.1) is 0 Å². The van der Waals surface area contributed by atoms with Crippen molar-refractivity contribution in [3.05, 3.63) is 106 Å². The fourth-order valence-electron chi connectivity index (χ4n) is 2.34. The number of alkyl halides is 3. The van der Waals surface area contributed by atoms with E-state index < -0.39 is 57.8 Å². The molecule has 0 saturated carbocycles. The molecule has 0 aromatic heterocycles. The van der Waals surface area contributed by atoms with E-state index in [1.54, 1.807) is 24.3 Å². The van der Waals surface area contributed by atoms with Gasteiger partial charge in [-0.1, -0.05) is 24.3 Å². The second-order valence-electron chi connectivity index (χ2n) is 6.02. The maximum Gasteiger partial charge on any atom is 0.417 e. The zero-order chi connectivity index (χ0) is 24.8. The molecule has 0 aliphatic rings. The summed E-state index contributed by atoms with van der Waals surface area (Å²) in [5.41, 5.74) is -1.35. The van der Waals surface area contributed by atoms with Crippen molar-refractivity contribution in [2.24, 2.45) is 0 Å². The number of hydrogen-bond donors (Lipinski definition) is 0. The molecule has 0 atom stereocenters. The molecule has 0 aliphatic carbocycles. The van der Waals surface area contributed by atoms with Crippen molar-refractivity contribution in [1.29, 1.82) is 0 Å². The van der Waals surface area contributed by atoms with Gasteiger partial charge < -0.3 is 4.55 Å². The van der Waals surface area contributed by atoms with E-state index in [-0.39, 0.29) is 11.4 Å². The summed E-state index contributed by atoms with van der Waals surface area (Å²) in [6.45, 7) is 0. The number of hydrogen-bond acceptors (Lipinski definition) is 7. The molecule has 0 bridgehead atoms. The molecule has 14 heteroatoms. The quantitative estimate of drug-likeness (QED) is 0.187. The van der Waals surface area contributed by atoms with E-state index >= 15 is 0 Å². The first kappa shape index (κ1) is 26.1. The van der Waals surface area contributed by atoms with Crippen LogP contribution in [0.25, 0.3) is 0 Å². The van der Waals surface area contributed by atoms with E-state index in [9.17, 15) is 46.4 Å². The number of benzene rings is 3. The summed E-state index contributed by atoms with van der Waals surface area (Å²) in [4.78, 5) is 19.2. The highest BCUT2D eigenvalue weighted by atomic mass is 127. The summed E-state index contributed by atoms with van der Waals surface area (Å²) < 4.78 is 69.6. The Labute approximate surface area is 195 Å². The molecule has 3 aromatic carbocycles. The lowest BCUT2D eigenvalue weighted by Crippen LogP contribution is -3.61. The van der Waals surface area contributed by atoms with Crippen LogP contribution >= 0.6 is 0 Å². The Morgan fingerprint density at radius 1 is 0.758 bits per heavy atom. The highest BCUT2D eigenvalue weighted by Crippen LogP contribution is 2.33. The fourth-order valence-corrected chi connectivity index (χ4v) is 5.48. The Morgan fingerprint density at radius 3 is 1.58 bits per heavy atom. The third-order valence-electron chi connectivity index (χ3n) is 3.72. The molecule has 0 amide bonds. The van der Waals surface area contributed by atoms with E-state index in [2.05, 4.69) is 0 Å². The molecule has 3 aromatic rings. The molecule has 0 spiro atoms. The summed E-state index contributed by atoms with van der Waals surface area (Å²) in [7, 11) is -5.09. The molecule has 0 radical (unpaired) electrons. The van der Waals surface area contributed by atoms with Gasteiger partial charge in [-0.25, -0.2) is 8.42 Å². The molecule has 33 heavy (non-hydrogen) atoms. The first-order valence-electron chi connectivity index (χ1n) is 8.55. The molecule has 9 nitrogen and oxygen atoms in total. The Morgan fingerprint density at radius 2 is 1.21 bits per heavy atom. The predicted molar refractivity (Wildman–Crippen MR) is 103 cm³/mol. The normalized spacial score (nSPS) is 11.3. The Hall–Kier alpha value is -3.11. The Bertz CT molecular complexity index is 1230. The van der Waals surface area contributed by atoms with E-state index in [0.29, 0.717) is 12.1 Å². The van der Waals surface area contributed by atoms with Gasteiger partial charge in [0.2, 0.25) is 7.14 Å². The molecule has 174 valence electrons. The number of nitro groups is 2. The van der Waals surface area contributed by atoms with E-state index in [1.807, 2.05) is 0 Å². The van der Waals surface area contributed by atoms with Gasteiger partial charge >= 0.3 is 27.4 Å². The molecule has 0 unspecified atom stereocenters. The number of rotatable bonds is 5. The van der Waals surface area contributed by atoms with E-state index in [1.165, 1.54) is 24.3 Å². The molecule has 0 N–H and O–H groups in total. The highest BCUT2D eigenvalue weighted by molar-refractivity contribution is 7.85. The van der Waals surface area contributed by atoms with Gasteiger partial charge in [-0.05, 0) is 24.3 Å². The van der Waals surface area contributed by atoms with Crippen molar-refractivity contribution in [1.82, 2.24) is 0 Å². The lowest BCUT2D eigenvalue weighted by Gasteiger charge is -2.14.